The molecule has 3 heterocycles. The zero-order valence-electron chi connectivity index (χ0n) is 18.1. The minimum atomic E-state index is -0.0355. The first kappa shape index (κ1) is 21.2. The Kier molecular flexibility index (Phi) is 5.83. The summed E-state index contributed by atoms with van der Waals surface area (Å²) in [7, 11) is 1.62. The Hall–Kier alpha value is -3.65. The molecule has 4 aromatic rings. The maximum absolute atomic E-state index is 12.7. The predicted molar refractivity (Wildman–Crippen MR) is 128 cm³/mol. The molecule has 1 aliphatic heterocycles. The van der Waals surface area contributed by atoms with Gasteiger partial charge in [-0.1, -0.05) is 11.6 Å². The van der Waals surface area contributed by atoms with Crippen molar-refractivity contribution in [3.05, 3.63) is 65.7 Å². The van der Waals surface area contributed by atoms with E-state index < -0.39 is 0 Å². The van der Waals surface area contributed by atoms with E-state index >= 15 is 0 Å². The molecule has 1 aliphatic rings. The van der Waals surface area contributed by atoms with Crippen LogP contribution in [0.5, 0.6) is 5.75 Å². The van der Waals surface area contributed by atoms with Gasteiger partial charge in [0.25, 0.3) is 0 Å². The number of nitrogens with one attached hydrogen (secondary N) is 1. The Balaban J connectivity index is 1.26. The van der Waals surface area contributed by atoms with Crippen molar-refractivity contribution in [1.82, 2.24) is 19.8 Å². The smallest absolute Gasteiger partial charge is 0.227 e. The summed E-state index contributed by atoms with van der Waals surface area (Å²) in [5.41, 5.74) is 2.35. The van der Waals surface area contributed by atoms with Crippen molar-refractivity contribution >= 4 is 34.7 Å². The number of anilines is 2. The molecule has 33 heavy (non-hydrogen) atoms. The van der Waals surface area contributed by atoms with E-state index in [0.29, 0.717) is 16.5 Å². The van der Waals surface area contributed by atoms with Gasteiger partial charge in [-0.05, 0) is 73.5 Å². The largest absolute Gasteiger partial charge is 0.497 e. The highest BCUT2D eigenvalue weighted by atomic mass is 35.5. The molecule has 8 nitrogen and oxygen atoms in total. The molecule has 2 aromatic heterocycles. The first-order valence-electron chi connectivity index (χ1n) is 10.8. The van der Waals surface area contributed by atoms with Crippen LogP contribution < -0.4 is 15.0 Å². The highest BCUT2D eigenvalue weighted by Crippen LogP contribution is 2.25. The number of carbonyl (C=O) groups excluding carboxylic acids is 1. The molecule has 0 atom stereocenters. The van der Waals surface area contributed by atoms with Gasteiger partial charge < -0.3 is 15.0 Å². The summed E-state index contributed by atoms with van der Waals surface area (Å²) in [5.74, 6) is 2.28. The van der Waals surface area contributed by atoms with E-state index in [1.54, 1.807) is 11.6 Å². The van der Waals surface area contributed by atoms with E-state index in [2.05, 4.69) is 20.4 Å². The SMILES string of the molecule is COc1ccc(NC(=O)C2CCN(c3ccc4nnc(-c5ccc(Cl)cc5)n4n3)CC2)cc1. The zero-order chi connectivity index (χ0) is 22.8. The number of ether oxygens (including phenoxy) is 1. The van der Waals surface area contributed by atoms with E-state index in [0.717, 1.165) is 48.7 Å². The predicted octanol–water partition coefficient (Wildman–Crippen LogP) is 4.31. The number of nitrogens with zero attached hydrogens (tertiary/aromatic N) is 5. The lowest BCUT2D eigenvalue weighted by Gasteiger charge is -2.32. The molecule has 0 saturated carbocycles. The molecule has 2 aromatic carbocycles. The summed E-state index contributed by atoms with van der Waals surface area (Å²) in [5, 5.41) is 17.0. The Morgan fingerprint density at radius 3 is 2.42 bits per heavy atom. The molecule has 9 heteroatoms. The van der Waals surface area contributed by atoms with Crippen molar-refractivity contribution in [2.75, 3.05) is 30.4 Å². The summed E-state index contributed by atoms with van der Waals surface area (Å²) in [6.07, 6.45) is 1.52. The summed E-state index contributed by atoms with van der Waals surface area (Å²) >= 11 is 6.01. The molecule has 0 unspecified atom stereocenters. The topological polar surface area (TPSA) is 84.6 Å². The van der Waals surface area contributed by atoms with Gasteiger partial charge in [0.05, 0.1) is 7.11 Å². The quantitative estimate of drug-likeness (QED) is 0.475. The molecular weight excluding hydrogens is 440 g/mol. The summed E-state index contributed by atoms with van der Waals surface area (Å²) in [6, 6.07) is 18.7. The van der Waals surface area contributed by atoms with Gasteiger partial charge in [-0.15, -0.1) is 15.3 Å². The van der Waals surface area contributed by atoms with Gasteiger partial charge in [-0.25, -0.2) is 0 Å². The van der Waals surface area contributed by atoms with Gasteiger partial charge in [0.15, 0.2) is 11.5 Å². The van der Waals surface area contributed by atoms with E-state index in [4.69, 9.17) is 21.4 Å². The first-order valence-corrected chi connectivity index (χ1v) is 11.2. The van der Waals surface area contributed by atoms with Crippen LogP contribution in [0.1, 0.15) is 12.8 Å². The van der Waals surface area contributed by atoms with Gasteiger partial charge >= 0.3 is 0 Å². The summed E-state index contributed by atoms with van der Waals surface area (Å²) < 4.78 is 6.92. The third-order valence-electron chi connectivity index (χ3n) is 5.90. The minimum absolute atomic E-state index is 0.0355. The molecule has 5 rings (SSSR count). The van der Waals surface area contributed by atoms with Crippen molar-refractivity contribution in [3.8, 4) is 17.1 Å². The van der Waals surface area contributed by atoms with Gasteiger partial charge in [0, 0.05) is 35.3 Å². The normalized spacial score (nSPS) is 14.4. The third kappa shape index (κ3) is 4.47. The Morgan fingerprint density at radius 1 is 1.00 bits per heavy atom. The average molecular weight is 463 g/mol. The Morgan fingerprint density at radius 2 is 1.73 bits per heavy atom. The second-order valence-electron chi connectivity index (χ2n) is 7.97. The molecule has 0 aliphatic carbocycles. The molecule has 1 fully saturated rings. The minimum Gasteiger partial charge on any atom is -0.497 e. The van der Waals surface area contributed by atoms with E-state index in [1.165, 1.54) is 0 Å². The van der Waals surface area contributed by atoms with Gasteiger partial charge in [0.1, 0.15) is 11.6 Å². The van der Waals surface area contributed by atoms with E-state index in [9.17, 15) is 4.79 Å². The highest BCUT2D eigenvalue weighted by Gasteiger charge is 2.26. The van der Waals surface area contributed by atoms with Crippen molar-refractivity contribution in [1.29, 1.82) is 0 Å². The molecule has 0 spiro atoms. The lowest BCUT2D eigenvalue weighted by molar-refractivity contribution is -0.120. The van der Waals surface area contributed by atoms with Gasteiger partial charge in [0.2, 0.25) is 5.91 Å². The fourth-order valence-electron chi connectivity index (χ4n) is 4.02. The fourth-order valence-corrected chi connectivity index (χ4v) is 4.14. The number of carbonyl (C=O) groups is 1. The number of hydrogen-bond donors (Lipinski definition) is 1. The Bertz CT molecular complexity index is 1260. The molecule has 0 radical (unpaired) electrons. The number of amides is 1. The van der Waals surface area contributed by atoms with Crippen LogP contribution in [0.3, 0.4) is 0 Å². The van der Waals surface area contributed by atoms with Crippen LogP contribution in [0.25, 0.3) is 17.0 Å². The summed E-state index contributed by atoms with van der Waals surface area (Å²) in [4.78, 5) is 14.9. The number of piperidine rings is 1. The van der Waals surface area contributed by atoms with Crippen LogP contribution in [-0.4, -0.2) is 45.9 Å². The summed E-state index contributed by atoms with van der Waals surface area (Å²) in [6.45, 7) is 1.50. The Labute approximate surface area is 196 Å². The van der Waals surface area contributed by atoms with E-state index in [1.807, 2.05) is 60.7 Å². The van der Waals surface area contributed by atoms with Crippen LogP contribution in [0.4, 0.5) is 11.5 Å². The average Bonchev–Trinajstić information content (AvgIpc) is 3.28. The number of hydrogen-bond acceptors (Lipinski definition) is 6. The molecular formula is C24H23ClN6O2. The monoisotopic (exact) mass is 462 g/mol. The third-order valence-corrected chi connectivity index (χ3v) is 6.15. The first-order chi connectivity index (χ1) is 16.1. The number of halogens is 1. The molecule has 0 bridgehead atoms. The van der Waals surface area contributed by atoms with E-state index in [-0.39, 0.29) is 11.8 Å². The van der Waals surface area contributed by atoms with Crippen molar-refractivity contribution in [3.63, 3.8) is 0 Å². The second kappa shape index (κ2) is 9.07. The maximum Gasteiger partial charge on any atom is 0.227 e. The van der Waals surface area contributed by atoms with Crippen molar-refractivity contribution in [2.45, 2.75) is 12.8 Å². The van der Waals surface area contributed by atoms with Crippen molar-refractivity contribution in [2.24, 2.45) is 5.92 Å². The van der Waals surface area contributed by atoms with Crippen LogP contribution >= 0.6 is 11.6 Å². The van der Waals surface area contributed by atoms with Crippen LogP contribution in [0, 0.1) is 5.92 Å². The van der Waals surface area contributed by atoms with Gasteiger partial charge in [-0.3, -0.25) is 4.79 Å². The standard InChI is InChI=1S/C24H23ClN6O2/c1-33-20-8-6-19(7-9-20)26-24(32)17-12-14-30(15-13-17)22-11-10-21-27-28-23(31(21)29-22)16-2-4-18(25)5-3-16/h2-11,17H,12-15H2,1H3,(H,26,32). The van der Waals surface area contributed by atoms with Crippen LogP contribution in [-0.2, 0) is 4.79 Å². The highest BCUT2D eigenvalue weighted by molar-refractivity contribution is 6.30. The number of methoxy groups -OCH3 is 1. The van der Waals surface area contributed by atoms with Gasteiger partial charge in [-0.2, -0.15) is 4.52 Å². The molecule has 1 amide bonds. The molecule has 1 N–H and O–H groups in total. The number of rotatable bonds is 5. The van der Waals surface area contributed by atoms with Crippen LogP contribution in [0.15, 0.2) is 60.7 Å². The lowest BCUT2D eigenvalue weighted by atomic mass is 9.96. The molecule has 168 valence electrons. The van der Waals surface area contributed by atoms with Crippen LogP contribution in [0.2, 0.25) is 5.02 Å². The fraction of sp³-hybridized carbons (Fsp3) is 0.250. The number of aromatic nitrogens is 4. The number of fused-ring (bicyclic) bond motifs is 1. The second-order valence-corrected chi connectivity index (χ2v) is 8.41. The maximum atomic E-state index is 12.7. The number of benzene rings is 2. The van der Waals surface area contributed by atoms with Crippen molar-refractivity contribution < 1.29 is 9.53 Å². The molecule has 1 saturated heterocycles. The zero-order valence-corrected chi connectivity index (χ0v) is 18.9. The lowest BCUT2D eigenvalue weighted by Crippen LogP contribution is -2.38.